The summed E-state index contributed by atoms with van der Waals surface area (Å²) in [6.07, 6.45) is 0.675. The van der Waals surface area contributed by atoms with Crippen LogP contribution in [0, 0.1) is 5.92 Å². The van der Waals surface area contributed by atoms with E-state index in [-0.39, 0.29) is 31.4 Å². The number of benzene rings is 2. The van der Waals surface area contributed by atoms with Crippen molar-refractivity contribution in [3.05, 3.63) is 59.7 Å². The van der Waals surface area contributed by atoms with Crippen molar-refractivity contribution in [2.45, 2.75) is 37.6 Å². The van der Waals surface area contributed by atoms with Gasteiger partial charge in [-0.05, 0) is 35.1 Å². The molecular formula is C24H26N2O5. The van der Waals surface area contributed by atoms with Gasteiger partial charge in [0.25, 0.3) is 0 Å². The van der Waals surface area contributed by atoms with Gasteiger partial charge < -0.3 is 20.5 Å². The maximum Gasteiger partial charge on any atom is 0.407 e. The summed E-state index contributed by atoms with van der Waals surface area (Å²) in [6.45, 7) is 2.02. The molecule has 3 N–H and O–H groups in total. The maximum atomic E-state index is 12.3. The molecule has 2 aliphatic rings. The van der Waals surface area contributed by atoms with Gasteiger partial charge in [0, 0.05) is 12.5 Å². The fourth-order valence-electron chi connectivity index (χ4n) is 4.15. The molecule has 2 aromatic carbocycles. The third-order valence-electron chi connectivity index (χ3n) is 6.08. The number of fused-ring (bicyclic) bond motifs is 3. The molecule has 1 saturated carbocycles. The van der Waals surface area contributed by atoms with Crippen LogP contribution in [0.4, 0.5) is 4.79 Å². The highest BCUT2D eigenvalue weighted by Crippen LogP contribution is 2.44. The van der Waals surface area contributed by atoms with Gasteiger partial charge >= 0.3 is 12.1 Å². The first-order valence-corrected chi connectivity index (χ1v) is 10.5. The van der Waals surface area contributed by atoms with Gasteiger partial charge in [-0.2, -0.15) is 0 Å². The summed E-state index contributed by atoms with van der Waals surface area (Å²) in [6, 6.07) is 16.2. The molecule has 0 saturated heterocycles. The van der Waals surface area contributed by atoms with E-state index in [4.69, 9.17) is 9.84 Å². The van der Waals surface area contributed by atoms with Crippen LogP contribution in [-0.2, 0) is 14.3 Å². The number of hydrogen-bond donors (Lipinski definition) is 3. The number of carbonyl (C=O) groups excluding carboxylic acids is 2. The smallest absolute Gasteiger partial charge is 0.407 e. The van der Waals surface area contributed by atoms with Gasteiger partial charge in [-0.15, -0.1) is 0 Å². The van der Waals surface area contributed by atoms with E-state index in [9.17, 15) is 14.4 Å². The minimum atomic E-state index is -0.929. The molecule has 0 radical (unpaired) electrons. The first-order valence-electron chi connectivity index (χ1n) is 10.5. The minimum absolute atomic E-state index is 0.0235. The molecule has 7 nitrogen and oxygen atoms in total. The van der Waals surface area contributed by atoms with Crippen LogP contribution < -0.4 is 10.6 Å². The fourth-order valence-corrected chi connectivity index (χ4v) is 4.15. The van der Waals surface area contributed by atoms with E-state index in [2.05, 4.69) is 34.9 Å². The van der Waals surface area contributed by atoms with Crippen molar-refractivity contribution in [3.8, 4) is 11.1 Å². The van der Waals surface area contributed by atoms with Crippen molar-refractivity contribution in [1.82, 2.24) is 10.6 Å². The zero-order valence-corrected chi connectivity index (χ0v) is 17.4. The van der Waals surface area contributed by atoms with E-state index in [1.165, 1.54) is 0 Å². The monoisotopic (exact) mass is 422 g/mol. The second-order valence-corrected chi connectivity index (χ2v) is 8.45. The summed E-state index contributed by atoms with van der Waals surface area (Å²) in [5.74, 6) is -1.71. The van der Waals surface area contributed by atoms with Crippen LogP contribution in [-0.4, -0.2) is 41.8 Å². The molecule has 2 aliphatic carbocycles. The Morgan fingerprint density at radius 2 is 1.65 bits per heavy atom. The minimum Gasteiger partial charge on any atom is -0.481 e. The Bertz CT molecular complexity index is 969. The highest BCUT2D eigenvalue weighted by atomic mass is 16.5. The molecule has 1 unspecified atom stereocenters. The fraction of sp³-hybridized carbons (Fsp3) is 0.375. The van der Waals surface area contributed by atoms with Gasteiger partial charge in [-0.25, -0.2) is 4.79 Å². The van der Waals surface area contributed by atoms with Crippen LogP contribution in [0.25, 0.3) is 11.1 Å². The van der Waals surface area contributed by atoms with Gasteiger partial charge in [0.2, 0.25) is 5.91 Å². The molecule has 1 atom stereocenters. The highest BCUT2D eigenvalue weighted by molar-refractivity contribution is 5.82. The lowest BCUT2D eigenvalue weighted by Crippen LogP contribution is -2.44. The summed E-state index contributed by atoms with van der Waals surface area (Å²) in [5, 5.41) is 14.4. The molecule has 31 heavy (non-hydrogen) atoms. The van der Waals surface area contributed by atoms with Crippen molar-refractivity contribution >= 4 is 18.0 Å². The first kappa shape index (κ1) is 20.9. The second-order valence-electron chi connectivity index (χ2n) is 8.45. The molecule has 162 valence electrons. The van der Waals surface area contributed by atoms with Crippen molar-refractivity contribution in [2.75, 3.05) is 13.2 Å². The third-order valence-corrected chi connectivity index (χ3v) is 6.08. The van der Waals surface area contributed by atoms with E-state index >= 15 is 0 Å². The average Bonchev–Trinajstić information content (AvgIpc) is 3.42. The van der Waals surface area contributed by atoms with Crippen LogP contribution >= 0.6 is 0 Å². The summed E-state index contributed by atoms with van der Waals surface area (Å²) in [5.41, 5.74) is 3.97. The number of amides is 2. The predicted octanol–water partition coefficient (Wildman–Crippen LogP) is 3.28. The maximum absolute atomic E-state index is 12.3. The lowest BCUT2D eigenvalue weighted by Gasteiger charge is -2.19. The van der Waals surface area contributed by atoms with Crippen LogP contribution in [0.15, 0.2) is 48.5 Å². The highest BCUT2D eigenvalue weighted by Gasteiger charge is 2.46. The Morgan fingerprint density at radius 1 is 1.06 bits per heavy atom. The van der Waals surface area contributed by atoms with E-state index in [0.29, 0.717) is 12.8 Å². The third kappa shape index (κ3) is 4.55. The zero-order chi connectivity index (χ0) is 22.0. The molecular weight excluding hydrogens is 396 g/mol. The molecule has 4 rings (SSSR count). The van der Waals surface area contributed by atoms with Crippen molar-refractivity contribution in [1.29, 1.82) is 0 Å². The van der Waals surface area contributed by atoms with E-state index in [0.717, 1.165) is 22.3 Å². The molecule has 2 aromatic rings. The number of carboxylic acid groups (broad SMARTS) is 1. The zero-order valence-electron chi connectivity index (χ0n) is 17.4. The summed E-state index contributed by atoms with van der Waals surface area (Å²) < 4.78 is 5.48. The molecule has 0 spiro atoms. The van der Waals surface area contributed by atoms with Crippen LogP contribution in [0.5, 0.6) is 0 Å². The number of ether oxygens (including phenoxy) is 1. The molecule has 2 amide bonds. The summed E-state index contributed by atoms with van der Waals surface area (Å²) in [7, 11) is 0. The quantitative estimate of drug-likeness (QED) is 0.606. The molecule has 0 bridgehead atoms. The van der Waals surface area contributed by atoms with Crippen LogP contribution in [0.1, 0.15) is 43.2 Å². The molecule has 1 fully saturated rings. The van der Waals surface area contributed by atoms with Gasteiger partial charge in [0.05, 0.1) is 17.9 Å². The molecule has 0 heterocycles. The van der Waals surface area contributed by atoms with E-state index in [1.54, 1.807) is 6.92 Å². The Hall–Kier alpha value is -3.35. The van der Waals surface area contributed by atoms with E-state index in [1.807, 2.05) is 24.3 Å². The lowest BCUT2D eigenvalue weighted by molar-refractivity contribution is -0.138. The summed E-state index contributed by atoms with van der Waals surface area (Å²) in [4.78, 5) is 35.5. The largest absolute Gasteiger partial charge is 0.481 e. The number of alkyl carbamates (subject to hydrolysis) is 1. The van der Waals surface area contributed by atoms with Crippen molar-refractivity contribution in [3.63, 3.8) is 0 Å². The van der Waals surface area contributed by atoms with Gasteiger partial charge in [-0.3, -0.25) is 9.59 Å². The van der Waals surface area contributed by atoms with Crippen molar-refractivity contribution < 1.29 is 24.2 Å². The molecule has 0 aliphatic heterocycles. The number of hydrogen-bond acceptors (Lipinski definition) is 4. The number of carbonyl (C=O) groups is 3. The topological polar surface area (TPSA) is 105 Å². The van der Waals surface area contributed by atoms with Crippen LogP contribution in [0.3, 0.4) is 0 Å². The first-order chi connectivity index (χ1) is 14.9. The van der Waals surface area contributed by atoms with Crippen LogP contribution in [0.2, 0.25) is 0 Å². The Labute approximate surface area is 180 Å². The SMILES string of the molecule is CC(CNC(=O)OCC1c2ccccc2-c2ccccc21)C(=O)NC1(CC(=O)O)CC1. The predicted molar refractivity (Wildman–Crippen MR) is 115 cm³/mol. The lowest BCUT2D eigenvalue weighted by atomic mass is 9.98. The van der Waals surface area contributed by atoms with Gasteiger partial charge in [-0.1, -0.05) is 55.5 Å². The second kappa shape index (κ2) is 8.41. The number of carboxylic acids is 1. The Morgan fingerprint density at radius 3 is 2.19 bits per heavy atom. The van der Waals surface area contributed by atoms with Gasteiger partial charge in [0.15, 0.2) is 0 Å². The average molecular weight is 422 g/mol. The standard InChI is InChI=1S/C24H26N2O5/c1-15(22(29)26-24(10-11-24)12-21(27)28)13-25-23(30)31-14-20-18-8-4-2-6-16(18)17-7-3-5-9-19(17)20/h2-9,15,20H,10-14H2,1H3,(H,25,30)(H,26,29)(H,27,28). The Balaban J connectivity index is 1.28. The van der Waals surface area contributed by atoms with Crippen molar-refractivity contribution in [2.24, 2.45) is 5.92 Å². The summed E-state index contributed by atoms with van der Waals surface area (Å²) >= 11 is 0. The van der Waals surface area contributed by atoms with Gasteiger partial charge in [0.1, 0.15) is 6.61 Å². The number of nitrogens with one attached hydrogen (secondary N) is 2. The Kier molecular flexibility index (Phi) is 5.67. The van der Waals surface area contributed by atoms with E-state index < -0.39 is 23.5 Å². The normalized spacial score (nSPS) is 16.5. The number of aliphatic carboxylic acids is 1. The number of rotatable bonds is 8. The molecule has 0 aromatic heterocycles. The molecule has 7 heteroatoms.